The number of nitrogens with zero attached hydrogens (tertiary/aromatic N) is 3. The Morgan fingerprint density at radius 2 is 2.17 bits per heavy atom. The van der Waals surface area contributed by atoms with Crippen molar-refractivity contribution in [3.63, 3.8) is 0 Å². The number of halogens is 1. The molecule has 1 N–H and O–H groups in total. The van der Waals surface area contributed by atoms with Crippen molar-refractivity contribution in [3.8, 4) is 0 Å². The van der Waals surface area contributed by atoms with E-state index in [0.717, 1.165) is 12.1 Å². The summed E-state index contributed by atoms with van der Waals surface area (Å²) in [7, 11) is 0. The van der Waals surface area contributed by atoms with Gasteiger partial charge >= 0.3 is 0 Å². The fraction of sp³-hybridized carbons (Fsp3) is 0.385. The summed E-state index contributed by atoms with van der Waals surface area (Å²) in [5.41, 5.74) is 0.854. The van der Waals surface area contributed by atoms with Crippen molar-refractivity contribution < 1.29 is 4.39 Å². The van der Waals surface area contributed by atoms with Crippen LogP contribution in [0.4, 0.5) is 4.39 Å². The van der Waals surface area contributed by atoms with Gasteiger partial charge in [0.15, 0.2) is 0 Å². The van der Waals surface area contributed by atoms with E-state index < -0.39 is 0 Å². The van der Waals surface area contributed by atoms with Crippen molar-refractivity contribution in [2.45, 2.75) is 32.5 Å². The molecule has 2 heterocycles. The SMILES string of the molecule is CC(Cn1ccnc1)NC(C)c1cncc(F)c1. The first kappa shape index (κ1) is 12.7. The molecule has 0 amide bonds. The van der Waals surface area contributed by atoms with Crippen LogP contribution in [-0.2, 0) is 6.54 Å². The molecule has 0 radical (unpaired) electrons. The van der Waals surface area contributed by atoms with Gasteiger partial charge < -0.3 is 9.88 Å². The Hall–Kier alpha value is -1.75. The van der Waals surface area contributed by atoms with Gasteiger partial charge in [-0.15, -0.1) is 0 Å². The van der Waals surface area contributed by atoms with Gasteiger partial charge in [-0.25, -0.2) is 9.37 Å². The van der Waals surface area contributed by atoms with Crippen molar-refractivity contribution in [2.24, 2.45) is 0 Å². The molecule has 0 saturated carbocycles. The van der Waals surface area contributed by atoms with Gasteiger partial charge in [0.25, 0.3) is 0 Å². The monoisotopic (exact) mass is 248 g/mol. The fourth-order valence-corrected chi connectivity index (χ4v) is 1.95. The number of imidazole rings is 1. The summed E-state index contributed by atoms with van der Waals surface area (Å²) >= 11 is 0. The molecule has 4 nitrogen and oxygen atoms in total. The maximum Gasteiger partial charge on any atom is 0.141 e. The molecular weight excluding hydrogens is 231 g/mol. The number of aromatic nitrogens is 3. The molecule has 0 aliphatic heterocycles. The molecule has 2 unspecified atom stereocenters. The molecule has 0 bridgehead atoms. The first-order valence-electron chi connectivity index (χ1n) is 5.97. The number of pyridine rings is 1. The highest BCUT2D eigenvalue weighted by Gasteiger charge is 2.10. The second-order valence-corrected chi connectivity index (χ2v) is 4.49. The molecule has 0 fully saturated rings. The molecule has 0 spiro atoms. The van der Waals surface area contributed by atoms with Crippen molar-refractivity contribution in [2.75, 3.05) is 0 Å². The summed E-state index contributed by atoms with van der Waals surface area (Å²) in [6.07, 6.45) is 8.36. The second-order valence-electron chi connectivity index (χ2n) is 4.49. The van der Waals surface area contributed by atoms with Gasteiger partial charge in [0.05, 0.1) is 12.5 Å². The van der Waals surface area contributed by atoms with E-state index in [1.807, 2.05) is 17.7 Å². The molecule has 96 valence electrons. The number of hydrogen-bond donors (Lipinski definition) is 1. The molecule has 2 aromatic heterocycles. The van der Waals surface area contributed by atoms with Crippen molar-refractivity contribution in [3.05, 3.63) is 48.6 Å². The Morgan fingerprint density at radius 3 is 2.83 bits per heavy atom. The highest BCUT2D eigenvalue weighted by Crippen LogP contribution is 2.13. The fourth-order valence-electron chi connectivity index (χ4n) is 1.95. The highest BCUT2D eigenvalue weighted by atomic mass is 19.1. The number of nitrogens with one attached hydrogen (secondary N) is 1. The first-order valence-corrected chi connectivity index (χ1v) is 5.97. The molecule has 0 saturated heterocycles. The molecule has 2 atom stereocenters. The maximum absolute atomic E-state index is 13.1. The Morgan fingerprint density at radius 1 is 1.33 bits per heavy atom. The van der Waals surface area contributed by atoms with Crippen molar-refractivity contribution >= 4 is 0 Å². The average Bonchev–Trinajstić information content (AvgIpc) is 2.81. The lowest BCUT2D eigenvalue weighted by Gasteiger charge is -2.20. The zero-order valence-electron chi connectivity index (χ0n) is 10.5. The number of hydrogen-bond acceptors (Lipinski definition) is 3. The minimum atomic E-state index is -0.302. The van der Waals surface area contributed by atoms with Gasteiger partial charge in [-0.3, -0.25) is 4.98 Å². The van der Waals surface area contributed by atoms with E-state index in [2.05, 4.69) is 22.2 Å². The van der Waals surface area contributed by atoms with Crippen LogP contribution >= 0.6 is 0 Å². The van der Waals surface area contributed by atoms with E-state index in [4.69, 9.17) is 0 Å². The van der Waals surface area contributed by atoms with E-state index >= 15 is 0 Å². The van der Waals surface area contributed by atoms with E-state index in [1.54, 1.807) is 18.7 Å². The van der Waals surface area contributed by atoms with Crippen LogP contribution in [0, 0.1) is 5.82 Å². The summed E-state index contributed by atoms with van der Waals surface area (Å²) in [4.78, 5) is 7.86. The van der Waals surface area contributed by atoms with Crippen molar-refractivity contribution in [1.82, 2.24) is 19.9 Å². The third-order valence-corrected chi connectivity index (χ3v) is 2.80. The quantitative estimate of drug-likeness (QED) is 0.881. The normalized spacial score (nSPS) is 14.4. The Bertz CT molecular complexity index is 483. The van der Waals surface area contributed by atoms with Gasteiger partial charge in [0.1, 0.15) is 5.82 Å². The lowest BCUT2D eigenvalue weighted by molar-refractivity contribution is 0.428. The molecule has 0 aliphatic rings. The van der Waals surface area contributed by atoms with E-state index in [9.17, 15) is 4.39 Å². The Labute approximate surface area is 106 Å². The minimum absolute atomic E-state index is 0.0618. The van der Waals surface area contributed by atoms with Crippen LogP contribution in [0.25, 0.3) is 0 Å². The third-order valence-electron chi connectivity index (χ3n) is 2.80. The van der Waals surface area contributed by atoms with Crippen LogP contribution in [0.1, 0.15) is 25.5 Å². The minimum Gasteiger partial charge on any atom is -0.336 e. The Balaban J connectivity index is 1.92. The summed E-state index contributed by atoms with van der Waals surface area (Å²) in [5.74, 6) is -0.302. The zero-order valence-corrected chi connectivity index (χ0v) is 10.5. The van der Waals surface area contributed by atoms with Gasteiger partial charge in [-0.1, -0.05) is 0 Å². The van der Waals surface area contributed by atoms with Crippen LogP contribution in [-0.4, -0.2) is 20.6 Å². The predicted octanol–water partition coefficient (Wildman–Crippen LogP) is 2.16. The molecule has 0 aromatic carbocycles. The average molecular weight is 248 g/mol. The maximum atomic E-state index is 13.1. The summed E-state index contributed by atoms with van der Waals surface area (Å²) in [6.45, 7) is 4.91. The molecular formula is C13H17FN4. The molecule has 5 heteroatoms. The second kappa shape index (κ2) is 5.73. The van der Waals surface area contributed by atoms with Crippen LogP contribution in [0.2, 0.25) is 0 Å². The standard InChI is InChI=1S/C13H17FN4/c1-10(8-18-4-3-15-9-18)17-11(2)12-5-13(14)7-16-6-12/h3-7,9-11,17H,8H2,1-2H3. The lowest BCUT2D eigenvalue weighted by Crippen LogP contribution is -2.32. The summed E-state index contributed by atoms with van der Waals surface area (Å²) in [6, 6.07) is 1.83. The highest BCUT2D eigenvalue weighted by molar-refractivity contribution is 5.14. The van der Waals surface area contributed by atoms with E-state index in [-0.39, 0.29) is 17.9 Å². The summed E-state index contributed by atoms with van der Waals surface area (Å²) in [5, 5.41) is 3.41. The Kier molecular flexibility index (Phi) is 4.04. The molecule has 0 aliphatic carbocycles. The largest absolute Gasteiger partial charge is 0.336 e. The molecule has 2 aromatic rings. The number of rotatable bonds is 5. The van der Waals surface area contributed by atoms with Crippen LogP contribution in [0.15, 0.2) is 37.2 Å². The van der Waals surface area contributed by atoms with Gasteiger partial charge in [0, 0.05) is 37.2 Å². The predicted molar refractivity (Wildman–Crippen MR) is 67.4 cm³/mol. The lowest BCUT2D eigenvalue weighted by atomic mass is 10.1. The van der Waals surface area contributed by atoms with Gasteiger partial charge in [0.2, 0.25) is 0 Å². The molecule has 2 rings (SSSR count). The van der Waals surface area contributed by atoms with Crippen LogP contribution < -0.4 is 5.32 Å². The van der Waals surface area contributed by atoms with Crippen molar-refractivity contribution in [1.29, 1.82) is 0 Å². The van der Waals surface area contributed by atoms with Gasteiger partial charge in [-0.05, 0) is 25.5 Å². The first-order chi connectivity index (χ1) is 8.65. The molecule has 18 heavy (non-hydrogen) atoms. The van der Waals surface area contributed by atoms with E-state index in [0.29, 0.717) is 0 Å². The topological polar surface area (TPSA) is 42.7 Å². The smallest absolute Gasteiger partial charge is 0.141 e. The van der Waals surface area contributed by atoms with Gasteiger partial charge in [-0.2, -0.15) is 0 Å². The zero-order chi connectivity index (χ0) is 13.0. The summed E-state index contributed by atoms with van der Waals surface area (Å²) < 4.78 is 15.1. The van der Waals surface area contributed by atoms with Crippen LogP contribution in [0.3, 0.4) is 0 Å². The third kappa shape index (κ3) is 3.37. The van der Waals surface area contributed by atoms with Crippen LogP contribution in [0.5, 0.6) is 0 Å². The van der Waals surface area contributed by atoms with E-state index in [1.165, 1.54) is 12.3 Å².